The molecular weight excluding hydrogens is 403 g/mol. The van der Waals surface area contributed by atoms with E-state index in [4.69, 9.17) is 16.3 Å². The summed E-state index contributed by atoms with van der Waals surface area (Å²) in [6.45, 7) is 0.246. The summed E-state index contributed by atoms with van der Waals surface area (Å²) in [5.41, 5.74) is -0.681. The Kier molecular flexibility index (Phi) is 5.43. The maximum absolute atomic E-state index is 12.9. The highest BCUT2D eigenvalue weighted by molar-refractivity contribution is 7.16. The van der Waals surface area contributed by atoms with Crippen LogP contribution in [0.3, 0.4) is 0 Å². The van der Waals surface area contributed by atoms with Crippen molar-refractivity contribution in [3.63, 3.8) is 0 Å². The number of carbonyl (C=O) groups is 1. The highest BCUT2D eigenvalue weighted by atomic mass is 35.5. The monoisotopic (exact) mass is 415 g/mol. The largest absolute Gasteiger partial charge is 0.493 e. The molecule has 0 radical (unpaired) electrons. The number of nitrogens with one attached hydrogen (secondary N) is 1. The fourth-order valence-electron chi connectivity index (χ4n) is 2.32. The lowest BCUT2D eigenvalue weighted by atomic mass is 10.2. The van der Waals surface area contributed by atoms with Crippen LogP contribution in [0.4, 0.5) is 13.2 Å². The molecule has 2 heterocycles. The Morgan fingerprint density at radius 2 is 2.11 bits per heavy atom. The first kappa shape index (κ1) is 19.2. The molecule has 0 aliphatic carbocycles. The van der Waals surface area contributed by atoms with Crippen molar-refractivity contribution in [2.24, 2.45) is 0 Å². The lowest BCUT2D eigenvalue weighted by molar-refractivity contribution is -0.137. The van der Waals surface area contributed by atoms with E-state index in [0.29, 0.717) is 4.34 Å². The highest BCUT2D eigenvalue weighted by Gasteiger charge is 2.30. The molecule has 0 atom stereocenters. The molecule has 0 bridgehead atoms. The highest BCUT2D eigenvalue weighted by Crippen LogP contribution is 2.31. The molecule has 2 aromatic heterocycles. The SMILES string of the molecule is COc1cn(-c2cccc(C(F)(F)F)c2)nc1C(=O)NCc1ccc(Cl)s1. The molecule has 10 heteroatoms. The molecule has 142 valence electrons. The van der Waals surface area contributed by atoms with Crippen molar-refractivity contribution >= 4 is 28.8 Å². The van der Waals surface area contributed by atoms with Crippen LogP contribution in [0.1, 0.15) is 20.9 Å². The number of halogens is 4. The first-order valence-corrected chi connectivity index (χ1v) is 8.81. The zero-order chi connectivity index (χ0) is 19.6. The third-order valence-electron chi connectivity index (χ3n) is 3.61. The number of nitrogens with zero attached hydrogens (tertiary/aromatic N) is 2. The van der Waals surface area contributed by atoms with Crippen LogP contribution in [0.5, 0.6) is 5.75 Å². The number of amides is 1. The standard InChI is InChI=1S/C17H13ClF3N3O2S/c1-26-13-9-24(11-4-2-3-10(7-11)17(19,20)21)23-15(13)16(25)22-8-12-5-6-14(18)27-12/h2-7,9H,8H2,1H3,(H,22,25). The van der Waals surface area contributed by atoms with Gasteiger partial charge in [-0.2, -0.15) is 18.3 Å². The quantitative estimate of drug-likeness (QED) is 0.665. The number of carbonyl (C=O) groups excluding carboxylic acids is 1. The minimum absolute atomic E-state index is 0.0300. The van der Waals surface area contributed by atoms with E-state index in [2.05, 4.69) is 10.4 Å². The molecule has 1 N–H and O–H groups in total. The summed E-state index contributed by atoms with van der Waals surface area (Å²) in [4.78, 5) is 13.3. The van der Waals surface area contributed by atoms with E-state index in [9.17, 15) is 18.0 Å². The molecule has 27 heavy (non-hydrogen) atoms. The first-order valence-electron chi connectivity index (χ1n) is 7.61. The van der Waals surface area contributed by atoms with Crippen molar-refractivity contribution < 1.29 is 22.7 Å². The van der Waals surface area contributed by atoms with Gasteiger partial charge in [-0.15, -0.1) is 11.3 Å². The van der Waals surface area contributed by atoms with Crippen molar-refractivity contribution in [2.75, 3.05) is 7.11 Å². The molecule has 0 saturated carbocycles. The van der Waals surface area contributed by atoms with Gasteiger partial charge in [0.25, 0.3) is 5.91 Å². The molecule has 0 aliphatic heterocycles. The number of thiophene rings is 1. The van der Waals surface area contributed by atoms with Crippen molar-refractivity contribution in [2.45, 2.75) is 12.7 Å². The third-order valence-corrected chi connectivity index (χ3v) is 4.84. The van der Waals surface area contributed by atoms with Crippen LogP contribution < -0.4 is 10.1 Å². The van der Waals surface area contributed by atoms with E-state index >= 15 is 0 Å². The van der Waals surface area contributed by atoms with Crippen LogP contribution >= 0.6 is 22.9 Å². The van der Waals surface area contributed by atoms with E-state index in [1.807, 2.05) is 0 Å². The zero-order valence-corrected chi connectivity index (χ0v) is 15.5. The summed E-state index contributed by atoms with van der Waals surface area (Å²) in [7, 11) is 1.35. The number of rotatable bonds is 5. The van der Waals surface area contributed by atoms with E-state index in [0.717, 1.165) is 17.0 Å². The fraction of sp³-hybridized carbons (Fsp3) is 0.176. The Hall–Kier alpha value is -2.52. The van der Waals surface area contributed by atoms with Gasteiger partial charge < -0.3 is 10.1 Å². The predicted octanol–water partition coefficient (Wildman–Crippen LogP) is 4.54. The molecule has 0 unspecified atom stereocenters. The predicted molar refractivity (Wildman–Crippen MR) is 95.6 cm³/mol. The van der Waals surface area contributed by atoms with Gasteiger partial charge >= 0.3 is 6.18 Å². The van der Waals surface area contributed by atoms with Crippen LogP contribution in [0.2, 0.25) is 4.34 Å². The van der Waals surface area contributed by atoms with E-state index in [1.165, 1.54) is 41.5 Å². The topological polar surface area (TPSA) is 56.2 Å². The molecule has 3 rings (SSSR count). The van der Waals surface area contributed by atoms with Crippen LogP contribution in [-0.2, 0) is 12.7 Å². The van der Waals surface area contributed by atoms with Crippen LogP contribution in [0.15, 0.2) is 42.6 Å². The third kappa shape index (κ3) is 4.42. The number of ether oxygens (including phenoxy) is 1. The lowest BCUT2D eigenvalue weighted by Crippen LogP contribution is -2.23. The van der Waals surface area contributed by atoms with Crippen molar-refractivity contribution in [3.8, 4) is 11.4 Å². The van der Waals surface area contributed by atoms with Crippen molar-refractivity contribution in [1.82, 2.24) is 15.1 Å². The Labute approximate surface area is 161 Å². The second-order valence-electron chi connectivity index (χ2n) is 5.43. The van der Waals surface area contributed by atoms with Gasteiger partial charge in [0.2, 0.25) is 0 Å². The molecular formula is C17H13ClF3N3O2S. The number of benzene rings is 1. The Morgan fingerprint density at radius 1 is 1.33 bits per heavy atom. The molecule has 5 nitrogen and oxygen atoms in total. The minimum Gasteiger partial charge on any atom is -0.493 e. The maximum atomic E-state index is 12.9. The van der Waals surface area contributed by atoms with Gasteiger partial charge in [-0.3, -0.25) is 4.79 Å². The fourth-order valence-corrected chi connectivity index (χ4v) is 3.35. The summed E-state index contributed by atoms with van der Waals surface area (Å²) in [5, 5.41) is 6.76. The number of methoxy groups -OCH3 is 1. The number of alkyl halides is 3. The molecule has 3 aromatic rings. The molecule has 0 fully saturated rings. The Bertz CT molecular complexity index is 968. The van der Waals surface area contributed by atoms with Gasteiger partial charge in [0.1, 0.15) is 0 Å². The molecule has 1 amide bonds. The minimum atomic E-state index is -4.48. The van der Waals surface area contributed by atoms with E-state index in [-0.39, 0.29) is 23.7 Å². The van der Waals surface area contributed by atoms with Gasteiger partial charge in [0.15, 0.2) is 11.4 Å². The summed E-state index contributed by atoms with van der Waals surface area (Å²) >= 11 is 7.17. The Balaban J connectivity index is 1.84. The molecule has 0 spiro atoms. The first-order chi connectivity index (χ1) is 12.8. The van der Waals surface area contributed by atoms with E-state index in [1.54, 1.807) is 12.1 Å². The summed E-state index contributed by atoms with van der Waals surface area (Å²) in [6, 6.07) is 8.14. The molecule has 1 aromatic carbocycles. The average molecular weight is 416 g/mol. The van der Waals surface area contributed by atoms with Gasteiger partial charge in [0, 0.05) is 4.88 Å². The van der Waals surface area contributed by atoms with Crippen molar-refractivity contribution in [3.05, 3.63) is 63.1 Å². The van der Waals surface area contributed by atoms with Gasteiger partial charge in [0.05, 0.1) is 35.4 Å². The Morgan fingerprint density at radius 3 is 2.74 bits per heavy atom. The van der Waals surface area contributed by atoms with Crippen LogP contribution in [0, 0.1) is 0 Å². The molecule has 0 aliphatic rings. The summed E-state index contributed by atoms with van der Waals surface area (Å²) < 4.78 is 45.6. The van der Waals surface area contributed by atoms with Crippen LogP contribution in [-0.4, -0.2) is 22.8 Å². The summed E-state index contributed by atoms with van der Waals surface area (Å²) in [5.74, 6) is -0.365. The van der Waals surface area contributed by atoms with Gasteiger partial charge in [-0.25, -0.2) is 4.68 Å². The number of hydrogen-bond donors (Lipinski definition) is 1. The average Bonchev–Trinajstić information content (AvgIpc) is 3.25. The maximum Gasteiger partial charge on any atom is 0.416 e. The number of aromatic nitrogens is 2. The smallest absolute Gasteiger partial charge is 0.416 e. The zero-order valence-electron chi connectivity index (χ0n) is 13.9. The molecule has 0 saturated heterocycles. The number of hydrogen-bond acceptors (Lipinski definition) is 4. The van der Waals surface area contributed by atoms with E-state index < -0.39 is 17.6 Å². The second-order valence-corrected chi connectivity index (χ2v) is 7.23. The van der Waals surface area contributed by atoms with Crippen LogP contribution in [0.25, 0.3) is 5.69 Å². The second kappa shape index (κ2) is 7.61. The normalized spacial score (nSPS) is 11.4. The summed E-state index contributed by atoms with van der Waals surface area (Å²) in [6.07, 6.45) is -3.12. The van der Waals surface area contributed by atoms with Gasteiger partial charge in [-0.05, 0) is 30.3 Å². The van der Waals surface area contributed by atoms with Gasteiger partial charge in [-0.1, -0.05) is 17.7 Å². The lowest BCUT2D eigenvalue weighted by Gasteiger charge is -2.08. The van der Waals surface area contributed by atoms with Crippen molar-refractivity contribution in [1.29, 1.82) is 0 Å².